The largest absolute Gasteiger partial charge is 0.390 e. The van der Waals surface area contributed by atoms with Gasteiger partial charge in [0.1, 0.15) is 0 Å². The van der Waals surface area contributed by atoms with E-state index in [2.05, 4.69) is 32.0 Å². The van der Waals surface area contributed by atoms with Crippen molar-refractivity contribution in [2.45, 2.75) is 44.8 Å². The highest BCUT2D eigenvalue weighted by molar-refractivity contribution is 7.99. The third-order valence-electron chi connectivity index (χ3n) is 2.40. The topological polar surface area (TPSA) is 29.5 Å². The molecule has 2 nitrogen and oxygen atoms in total. The SMILES string of the molecule is Cc1ccc(C)c(SCC(O)COC(C)C)c1. The number of aryl methyl sites for hydroxylation is 2. The number of benzene rings is 1. The highest BCUT2D eigenvalue weighted by Gasteiger charge is 2.08. The van der Waals surface area contributed by atoms with Gasteiger partial charge in [-0.25, -0.2) is 0 Å². The molecule has 1 rings (SSSR count). The third kappa shape index (κ3) is 5.57. The van der Waals surface area contributed by atoms with E-state index in [9.17, 15) is 5.11 Å². The summed E-state index contributed by atoms with van der Waals surface area (Å²) in [5.74, 6) is 0.678. The van der Waals surface area contributed by atoms with Crippen molar-refractivity contribution in [3.05, 3.63) is 29.3 Å². The molecule has 0 aromatic heterocycles. The zero-order valence-electron chi connectivity index (χ0n) is 11.1. The average molecular weight is 254 g/mol. The lowest BCUT2D eigenvalue weighted by atomic mass is 10.2. The van der Waals surface area contributed by atoms with Gasteiger partial charge in [0.2, 0.25) is 0 Å². The number of ether oxygens (including phenoxy) is 1. The second-order valence-electron chi connectivity index (χ2n) is 4.62. The molecule has 0 aliphatic carbocycles. The van der Waals surface area contributed by atoms with Crippen LogP contribution in [-0.2, 0) is 4.74 Å². The molecule has 0 aliphatic heterocycles. The van der Waals surface area contributed by atoms with Gasteiger partial charge >= 0.3 is 0 Å². The van der Waals surface area contributed by atoms with Crippen molar-refractivity contribution in [1.29, 1.82) is 0 Å². The number of thioether (sulfide) groups is 1. The fourth-order valence-corrected chi connectivity index (χ4v) is 2.43. The van der Waals surface area contributed by atoms with Crippen LogP contribution in [0.4, 0.5) is 0 Å². The first-order chi connectivity index (χ1) is 7.99. The number of aliphatic hydroxyl groups is 1. The molecule has 1 aromatic rings. The maximum atomic E-state index is 9.77. The second-order valence-corrected chi connectivity index (χ2v) is 5.68. The van der Waals surface area contributed by atoms with E-state index in [-0.39, 0.29) is 6.10 Å². The Morgan fingerprint density at radius 3 is 2.65 bits per heavy atom. The Balaban J connectivity index is 2.41. The molecule has 0 saturated carbocycles. The maximum Gasteiger partial charge on any atom is 0.0867 e. The Morgan fingerprint density at radius 2 is 2.00 bits per heavy atom. The fraction of sp³-hybridized carbons (Fsp3) is 0.571. The Morgan fingerprint density at radius 1 is 1.29 bits per heavy atom. The van der Waals surface area contributed by atoms with Crippen molar-refractivity contribution in [3.63, 3.8) is 0 Å². The predicted molar refractivity (Wildman–Crippen MR) is 73.7 cm³/mol. The molecule has 1 atom stereocenters. The molecule has 17 heavy (non-hydrogen) atoms. The third-order valence-corrected chi connectivity index (χ3v) is 3.70. The Bertz CT molecular complexity index is 350. The molecule has 1 unspecified atom stereocenters. The minimum absolute atomic E-state index is 0.176. The normalized spacial score (nSPS) is 13.1. The number of hydrogen-bond acceptors (Lipinski definition) is 3. The van der Waals surface area contributed by atoms with Gasteiger partial charge in [0.25, 0.3) is 0 Å². The summed E-state index contributed by atoms with van der Waals surface area (Å²) < 4.78 is 5.38. The summed E-state index contributed by atoms with van der Waals surface area (Å²) in [5.41, 5.74) is 2.52. The van der Waals surface area contributed by atoms with Crippen LogP contribution in [0.25, 0.3) is 0 Å². The van der Waals surface area contributed by atoms with E-state index < -0.39 is 6.10 Å². The summed E-state index contributed by atoms with van der Waals surface area (Å²) in [6.45, 7) is 8.55. The molecular formula is C14H22O2S. The lowest BCUT2D eigenvalue weighted by Gasteiger charge is -2.14. The second kappa shape index (κ2) is 7.04. The quantitative estimate of drug-likeness (QED) is 0.791. The number of rotatable bonds is 6. The monoisotopic (exact) mass is 254 g/mol. The summed E-state index contributed by atoms with van der Waals surface area (Å²) in [6, 6.07) is 6.39. The van der Waals surface area contributed by atoms with Crippen molar-refractivity contribution >= 4 is 11.8 Å². The molecule has 0 fully saturated rings. The van der Waals surface area contributed by atoms with Gasteiger partial charge in [-0.15, -0.1) is 11.8 Å². The van der Waals surface area contributed by atoms with E-state index in [0.717, 1.165) is 0 Å². The van der Waals surface area contributed by atoms with Crippen LogP contribution in [0.3, 0.4) is 0 Å². The molecule has 1 aromatic carbocycles. The van der Waals surface area contributed by atoms with Crippen LogP contribution in [0.15, 0.2) is 23.1 Å². The summed E-state index contributed by atoms with van der Waals surface area (Å²) in [7, 11) is 0. The van der Waals surface area contributed by atoms with Crippen LogP contribution in [-0.4, -0.2) is 29.7 Å². The van der Waals surface area contributed by atoms with Crippen LogP contribution in [0, 0.1) is 13.8 Å². The molecule has 0 amide bonds. The van der Waals surface area contributed by atoms with Crippen molar-refractivity contribution in [3.8, 4) is 0 Å². The number of aliphatic hydroxyl groups excluding tert-OH is 1. The smallest absolute Gasteiger partial charge is 0.0867 e. The van der Waals surface area contributed by atoms with Crippen LogP contribution >= 0.6 is 11.8 Å². The standard InChI is InChI=1S/C14H22O2S/c1-10(2)16-8-13(15)9-17-14-7-11(3)5-6-12(14)4/h5-7,10,13,15H,8-9H2,1-4H3. The van der Waals surface area contributed by atoms with E-state index in [1.807, 2.05) is 13.8 Å². The first kappa shape index (κ1) is 14.6. The van der Waals surface area contributed by atoms with E-state index in [4.69, 9.17) is 4.74 Å². The first-order valence-electron chi connectivity index (χ1n) is 5.98. The van der Waals surface area contributed by atoms with Gasteiger partial charge in [-0.2, -0.15) is 0 Å². The van der Waals surface area contributed by atoms with Crippen LogP contribution in [0.1, 0.15) is 25.0 Å². The minimum Gasteiger partial charge on any atom is -0.390 e. The molecule has 0 bridgehead atoms. The van der Waals surface area contributed by atoms with Gasteiger partial charge < -0.3 is 9.84 Å². The van der Waals surface area contributed by atoms with Crippen LogP contribution < -0.4 is 0 Å². The highest BCUT2D eigenvalue weighted by Crippen LogP contribution is 2.24. The zero-order chi connectivity index (χ0) is 12.8. The minimum atomic E-state index is -0.401. The van der Waals surface area contributed by atoms with Crippen molar-refractivity contribution in [2.24, 2.45) is 0 Å². The van der Waals surface area contributed by atoms with Gasteiger partial charge in [-0.3, -0.25) is 0 Å². The molecule has 1 N–H and O–H groups in total. The Hall–Kier alpha value is -0.510. The van der Waals surface area contributed by atoms with Crippen molar-refractivity contribution in [2.75, 3.05) is 12.4 Å². The average Bonchev–Trinajstić information content (AvgIpc) is 2.27. The fourth-order valence-electron chi connectivity index (χ4n) is 1.40. The van der Waals surface area contributed by atoms with Crippen molar-refractivity contribution in [1.82, 2.24) is 0 Å². The van der Waals surface area contributed by atoms with E-state index in [1.54, 1.807) is 11.8 Å². The summed E-state index contributed by atoms with van der Waals surface area (Å²) in [4.78, 5) is 1.24. The van der Waals surface area contributed by atoms with Gasteiger partial charge in [0, 0.05) is 10.6 Å². The summed E-state index contributed by atoms with van der Waals surface area (Å²) in [5, 5.41) is 9.77. The van der Waals surface area contributed by atoms with E-state index in [0.29, 0.717) is 12.4 Å². The van der Waals surface area contributed by atoms with Gasteiger partial charge in [-0.1, -0.05) is 17.7 Å². The van der Waals surface area contributed by atoms with Gasteiger partial charge in [-0.05, 0) is 39.3 Å². The molecule has 0 heterocycles. The number of hydrogen-bond donors (Lipinski definition) is 1. The molecule has 3 heteroatoms. The van der Waals surface area contributed by atoms with Crippen molar-refractivity contribution < 1.29 is 9.84 Å². The summed E-state index contributed by atoms with van der Waals surface area (Å²) >= 11 is 1.69. The maximum absolute atomic E-state index is 9.77. The van der Waals surface area contributed by atoms with E-state index in [1.165, 1.54) is 16.0 Å². The van der Waals surface area contributed by atoms with Gasteiger partial charge in [0.15, 0.2) is 0 Å². The summed E-state index contributed by atoms with van der Waals surface area (Å²) in [6.07, 6.45) is -0.224. The molecule has 0 aliphatic rings. The lowest BCUT2D eigenvalue weighted by Crippen LogP contribution is -2.20. The first-order valence-corrected chi connectivity index (χ1v) is 6.97. The molecule has 0 saturated heterocycles. The predicted octanol–water partition coefficient (Wildman–Crippen LogP) is 3.18. The Kier molecular flexibility index (Phi) is 6.03. The Labute approximate surface area is 108 Å². The zero-order valence-corrected chi connectivity index (χ0v) is 11.9. The molecule has 96 valence electrons. The van der Waals surface area contributed by atoms with Gasteiger partial charge in [0.05, 0.1) is 18.8 Å². The van der Waals surface area contributed by atoms with E-state index >= 15 is 0 Å². The van der Waals surface area contributed by atoms with Crippen LogP contribution in [0.2, 0.25) is 0 Å². The molecular weight excluding hydrogens is 232 g/mol. The lowest BCUT2D eigenvalue weighted by molar-refractivity contribution is 0.0152. The van der Waals surface area contributed by atoms with Crippen LogP contribution in [0.5, 0.6) is 0 Å². The molecule has 0 radical (unpaired) electrons. The highest BCUT2D eigenvalue weighted by atomic mass is 32.2. The molecule has 0 spiro atoms.